The fraction of sp³-hybridized carbons (Fsp3) is 0.277. The van der Waals surface area contributed by atoms with E-state index in [1.54, 1.807) is 77.8 Å². The molecule has 0 bridgehead atoms. The third kappa shape index (κ3) is 15.6. The van der Waals surface area contributed by atoms with Gasteiger partial charge in [0, 0.05) is 80.4 Å². The number of furan rings is 2. The number of halogens is 4. The van der Waals surface area contributed by atoms with E-state index in [-0.39, 0.29) is 91.8 Å². The first-order chi connectivity index (χ1) is 42.7. The summed E-state index contributed by atoms with van der Waals surface area (Å²) in [6.45, 7) is 4.10. The van der Waals surface area contributed by atoms with Gasteiger partial charge >= 0.3 is 18.1 Å². The van der Waals surface area contributed by atoms with Crippen molar-refractivity contribution in [3.05, 3.63) is 197 Å². The average molecular weight is 1350 g/mol. The van der Waals surface area contributed by atoms with Crippen molar-refractivity contribution in [2.45, 2.75) is 81.5 Å². The van der Waals surface area contributed by atoms with Crippen LogP contribution in [0, 0.1) is 11.8 Å². The number of rotatable bonds is 19. The Labute approximate surface area is 537 Å². The Kier molecular flexibility index (Phi) is 20.6. The Balaban J connectivity index is 0.000000217. The third-order valence-corrected chi connectivity index (χ3v) is 19.0. The molecule has 3 atom stereocenters. The number of amides is 2. The molecule has 0 aliphatic carbocycles. The van der Waals surface area contributed by atoms with Crippen LogP contribution in [0.25, 0.3) is 21.9 Å². The van der Waals surface area contributed by atoms with Crippen LogP contribution in [-0.2, 0) is 82.2 Å². The average Bonchev–Trinajstić information content (AvgIpc) is 0.945. The number of nitrogens with zero attached hydrogens (tertiary/aromatic N) is 2. The molecular weight excluding hydrogens is 1290 g/mol. The van der Waals surface area contributed by atoms with Crippen LogP contribution >= 0.6 is 46.4 Å². The van der Waals surface area contributed by atoms with Gasteiger partial charge in [-0.05, 0) is 139 Å². The normalized spacial score (nSPS) is 14.1. The van der Waals surface area contributed by atoms with Crippen molar-refractivity contribution in [2.75, 3.05) is 32.2 Å². The number of fused-ring (bicyclic) bond motifs is 4. The SMILES string of the molecule is CCOC(=O)OC(C)OC(=O)[C@@H](CC(=O)c1c(Cl)cc2c(c1Cl)CCN(C(=O)c1ccc3ccoc3c1)C2)Cc1cccc(S(C)(=O)=O)c1.CS(=O)(=O)c1cccc(C[C@H](CC(=O)c2c(Cl)cc3c(c2Cl)CCN(C(=O)c2ccc4ccoc4c2)C3)C(=O)O)c1. The van der Waals surface area contributed by atoms with Gasteiger partial charge in [0.25, 0.3) is 11.8 Å². The van der Waals surface area contributed by atoms with Crippen LogP contribution in [-0.4, -0.2) is 112 Å². The molecule has 1 unspecified atom stereocenters. The highest BCUT2D eigenvalue weighted by Gasteiger charge is 2.34. The summed E-state index contributed by atoms with van der Waals surface area (Å²) in [5.74, 6) is -5.79. The Morgan fingerprint density at radius 2 is 1.03 bits per heavy atom. The number of carboxylic acid groups (broad SMARTS) is 1. The van der Waals surface area contributed by atoms with E-state index in [9.17, 15) is 55.5 Å². The number of Topliss-reactive ketones (excluding diaryl/α,β-unsaturated/α-hetero) is 2. The highest BCUT2D eigenvalue weighted by Crippen LogP contribution is 2.39. The van der Waals surface area contributed by atoms with E-state index in [0.717, 1.165) is 23.3 Å². The Hall–Kier alpha value is -8.05. The first-order valence-corrected chi connectivity index (χ1v) is 33.4. The van der Waals surface area contributed by atoms with Gasteiger partial charge in [-0.15, -0.1) is 0 Å². The van der Waals surface area contributed by atoms with Gasteiger partial charge in [0.1, 0.15) is 11.2 Å². The lowest BCUT2D eigenvalue weighted by Gasteiger charge is -2.30. The van der Waals surface area contributed by atoms with Crippen LogP contribution in [0.4, 0.5) is 4.79 Å². The maximum absolute atomic E-state index is 13.8. The minimum Gasteiger partial charge on any atom is -0.481 e. The molecule has 4 heterocycles. The van der Waals surface area contributed by atoms with Crippen LogP contribution in [0.2, 0.25) is 20.1 Å². The lowest BCUT2D eigenvalue weighted by Crippen LogP contribution is -2.36. The van der Waals surface area contributed by atoms with Crippen molar-refractivity contribution in [3.8, 4) is 0 Å². The van der Waals surface area contributed by atoms with Crippen LogP contribution in [0.3, 0.4) is 0 Å². The van der Waals surface area contributed by atoms with E-state index >= 15 is 0 Å². The second kappa shape index (κ2) is 28.0. The fourth-order valence-electron chi connectivity index (χ4n) is 10.8. The second-order valence-electron chi connectivity index (χ2n) is 21.7. The Morgan fingerprint density at radius 3 is 1.47 bits per heavy atom. The number of carboxylic acids is 1. The van der Waals surface area contributed by atoms with Crippen LogP contribution in [0.1, 0.15) is 102 Å². The van der Waals surface area contributed by atoms with Crippen molar-refractivity contribution in [1.82, 2.24) is 9.80 Å². The maximum atomic E-state index is 13.8. The number of hydrogen-bond acceptors (Lipinski definition) is 16. The van der Waals surface area contributed by atoms with Gasteiger partial charge in [0.15, 0.2) is 31.2 Å². The predicted molar refractivity (Wildman–Crippen MR) is 335 cm³/mol. The first kappa shape index (κ1) is 66.4. The van der Waals surface area contributed by atoms with Crippen molar-refractivity contribution >= 4 is 129 Å². The zero-order valence-corrected chi connectivity index (χ0v) is 53.4. The minimum atomic E-state index is -3.56. The van der Waals surface area contributed by atoms with E-state index < -0.39 is 73.9 Å². The molecule has 90 heavy (non-hydrogen) atoms. The zero-order valence-electron chi connectivity index (χ0n) is 48.8. The first-order valence-electron chi connectivity index (χ1n) is 28.1. The lowest BCUT2D eigenvalue weighted by molar-refractivity contribution is -0.172. The van der Waals surface area contributed by atoms with Gasteiger partial charge in [-0.2, -0.15) is 0 Å². The Bertz CT molecular complexity index is 4410. The van der Waals surface area contributed by atoms with Gasteiger partial charge in [-0.25, -0.2) is 21.6 Å². The van der Waals surface area contributed by atoms with Gasteiger partial charge in [0.05, 0.1) is 72.0 Å². The van der Waals surface area contributed by atoms with E-state index in [1.807, 2.05) is 24.3 Å². The smallest absolute Gasteiger partial charge is 0.481 e. The number of ketones is 2. The highest BCUT2D eigenvalue weighted by molar-refractivity contribution is 7.91. The van der Waals surface area contributed by atoms with Gasteiger partial charge < -0.3 is 38.0 Å². The van der Waals surface area contributed by atoms with Gasteiger partial charge in [0.2, 0.25) is 6.29 Å². The molecule has 0 saturated heterocycles. The van der Waals surface area contributed by atoms with Crippen molar-refractivity contribution in [3.63, 3.8) is 0 Å². The molecular formula is C65H58Cl4N2O17S2. The number of carbonyl (C=O) groups is 7. The molecule has 2 aliphatic heterocycles. The zero-order chi connectivity index (χ0) is 64.9. The molecule has 25 heteroatoms. The van der Waals surface area contributed by atoms with E-state index in [4.69, 9.17) is 69.4 Å². The predicted octanol–water partition coefficient (Wildman–Crippen LogP) is 12.7. The molecule has 10 rings (SSSR count). The summed E-state index contributed by atoms with van der Waals surface area (Å²) in [4.78, 5) is 94.4. The fourth-order valence-corrected chi connectivity index (χ4v) is 13.8. The molecule has 470 valence electrons. The largest absolute Gasteiger partial charge is 0.511 e. The van der Waals surface area contributed by atoms with Crippen LogP contribution in [0.15, 0.2) is 140 Å². The molecule has 0 fully saturated rings. The molecule has 2 amide bonds. The Morgan fingerprint density at radius 1 is 0.589 bits per heavy atom. The number of benzene rings is 6. The summed E-state index contributed by atoms with van der Waals surface area (Å²) >= 11 is 26.7. The molecule has 8 aromatic rings. The highest BCUT2D eigenvalue weighted by atomic mass is 35.5. The number of sulfone groups is 2. The number of aliphatic carboxylic acids is 1. The molecule has 1 N–H and O–H groups in total. The van der Waals surface area contributed by atoms with Gasteiger partial charge in [-0.3, -0.25) is 28.8 Å². The van der Waals surface area contributed by atoms with Gasteiger partial charge in [-0.1, -0.05) is 82.8 Å². The lowest BCUT2D eigenvalue weighted by atomic mass is 9.89. The van der Waals surface area contributed by atoms with E-state index in [2.05, 4.69) is 0 Å². The number of hydrogen-bond donors (Lipinski definition) is 1. The van der Waals surface area contributed by atoms with Crippen molar-refractivity contribution in [2.24, 2.45) is 11.8 Å². The molecule has 2 aliphatic rings. The molecule has 19 nitrogen and oxygen atoms in total. The summed E-state index contributed by atoms with van der Waals surface area (Å²) in [7, 11) is -7.03. The second-order valence-corrected chi connectivity index (χ2v) is 27.3. The van der Waals surface area contributed by atoms with Crippen LogP contribution in [0.5, 0.6) is 0 Å². The maximum Gasteiger partial charge on any atom is 0.511 e. The number of ether oxygens (including phenoxy) is 3. The van der Waals surface area contributed by atoms with E-state index in [1.165, 1.54) is 43.3 Å². The minimum absolute atomic E-state index is 0.0173. The molecule has 0 saturated carbocycles. The molecule has 2 aromatic heterocycles. The summed E-state index contributed by atoms with van der Waals surface area (Å²) in [5, 5.41) is 12.0. The van der Waals surface area contributed by atoms with E-state index in [0.29, 0.717) is 81.6 Å². The summed E-state index contributed by atoms with van der Waals surface area (Å²) in [5.41, 5.74) is 5.92. The molecule has 0 spiro atoms. The molecule has 6 aromatic carbocycles. The summed E-state index contributed by atoms with van der Waals surface area (Å²) < 4.78 is 74.0. The monoisotopic (exact) mass is 1340 g/mol. The standard InChI is InChI=1S/C35H33Cl2NO10S.C30H25Cl2NO7S/c1-4-45-35(42)48-20(2)47-34(41)24(14-21-6-5-7-26(15-21)49(3,43)44)17-29(39)31-28(36)16-25-19-38(12-10-27(25)32(31)37)33(40)23-9-8-22-11-13-46-30(22)18-23;1-41(38,39)22-4-2-3-17(12-22)11-20(30(36)37)14-25(34)27-24(31)13-21-16-33(9-7-23(21)28(27)32)29(35)19-6-5-18-8-10-40-26(18)15-19/h5-9,11,13,15-16,18,20,24H,4,10,12,14,17,19H2,1-3H3;2-6,8,10,12-13,15,20H,7,9,11,14,16H2,1H3,(H,36,37)/t20?,24-;20-/m11/s1. The van der Waals surface area contributed by atoms with Crippen molar-refractivity contribution in [1.29, 1.82) is 0 Å². The topological polar surface area (TPSA) is 268 Å². The molecule has 0 radical (unpaired) electrons. The summed E-state index contributed by atoms with van der Waals surface area (Å²) in [6, 6.07) is 29.3. The van der Waals surface area contributed by atoms with Crippen molar-refractivity contribution < 1.29 is 78.5 Å². The third-order valence-electron chi connectivity index (χ3n) is 15.3. The summed E-state index contributed by atoms with van der Waals surface area (Å²) in [6.07, 6.45) is 2.69. The van der Waals surface area contributed by atoms with Crippen LogP contribution < -0.4 is 0 Å². The number of esters is 1. The quantitative estimate of drug-likeness (QED) is 0.0448. The number of carbonyl (C=O) groups excluding carboxylic acids is 6.